The maximum absolute atomic E-state index is 11.5. The number of rotatable bonds is 7. The SMILES string of the molecule is Cn1c(C(=O)O)cc2c(OCC(O)CN3CCC(c4ccc5ccccc5c4)CC3)cccc21. The van der Waals surface area contributed by atoms with Crippen LogP contribution >= 0.6 is 0 Å². The molecule has 1 aliphatic rings. The number of piperidine rings is 1. The van der Waals surface area contributed by atoms with Gasteiger partial charge in [-0.25, -0.2) is 4.79 Å². The van der Waals surface area contributed by atoms with Gasteiger partial charge < -0.3 is 24.4 Å². The number of aromatic carboxylic acids is 1. The van der Waals surface area contributed by atoms with Crippen LogP contribution < -0.4 is 4.74 Å². The maximum Gasteiger partial charge on any atom is 0.352 e. The fourth-order valence-electron chi connectivity index (χ4n) is 5.11. The van der Waals surface area contributed by atoms with Crippen LogP contribution in [0.5, 0.6) is 5.75 Å². The fraction of sp³-hybridized carbons (Fsp3) is 0.321. The molecule has 1 saturated heterocycles. The summed E-state index contributed by atoms with van der Waals surface area (Å²) in [5.74, 6) is 0.166. The molecule has 6 heteroatoms. The highest BCUT2D eigenvalue weighted by Gasteiger charge is 2.23. The van der Waals surface area contributed by atoms with Crippen molar-refractivity contribution >= 4 is 27.6 Å². The molecule has 2 N–H and O–H groups in total. The van der Waals surface area contributed by atoms with E-state index in [1.165, 1.54) is 16.3 Å². The summed E-state index contributed by atoms with van der Waals surface area (Å²) in [4.78, 5) is 13.8. The summed E-state index contributed by atoms with van der Waals surface area (Å²) in [5.41, 5.74) is 2.40. The lowest BCUT2D eigenvalue weighted by Gasteiger charge is -2.33. The van der Waals surface area contributed by atoms with Gasteiger partial charge in [0.05, 0.1) is 5.52 Å². The molecular formula is C28H30N2O4. The molecule has 1 aliphatic heterocycles. The molecule has 1 unspecified atom stereocenters. The summed E-state index contributed by atoms with van der Waals surface area (Å²) in [7, 11) is 1.73. The van der Waals surface area contributed by atoms with Crippen molar-refractivity contribution in [3.8, 4) is 5.75 Å². The number of carboxylic acid groups (broad SMARTS) is 1. The largest absolute Gasteiger partial charge is 0.490 e. The zero-order valence-corrected chi connectivity index (χ0v) is 19.4. The van der Waals surface area contributed by atoms with E-state index in [4.69, 9.17) is 4.74 Å². The number of aromatic nitrogens is 1. The van der Waals surface area contributed by atoms with Crippen LogP contribution in [-0.4, -0.2) is 58.0 Å². The Labute approximate surface area is 199 Å². The van der Waals surface area contributed by atoms with Gasteiger partial charge in [0.25, 0.3) is 0 Å². The van der Waals surface area contributed by atoms with Crippen LogP contribution in [0.1, 0.15) is 34.8 Å². The Kier molecular flexibility index (Phi) is 6.26. The fourth-order valence-corrected chi connectivity index (χ4v) is 5.11. The number of likely N-dealkylation sites (tertiary alicyclic amines) is 1. The number of ether oxygens (including phenoxy) is 1. The first-order valence-electron chi connectivity index (χ1n) is 11.8. The van der Waals surface area contributed by atoms with E-state index in [1.807, 2.05) is 18.2 Å². The number of fused-ring (bicyclic) bond motifs is 2. The van der Waals surface area contributed by atoms with Gasteiger partial charge in [-0.3, -0.25) is 0 Å². The highest BCUT2D eigenvalue weighted by molar-refractivity contribution is 5.97. The highest BCUT2D eigenvalue weighted by atomic mass is 16.5. The third-order valence-electron chi connectivity index (χ3n) is 7.00. The van der Waals surface area contributed by atoms with Crippen molar-refractivity contribution in [2.24, 2.45) is 7.05 Å². The van der Waals surface area contributed by atoms with Crippen LogP contribution in [0.15, 0.2) is 66.7 Å². The lowest BCUT2D eigenvalue weighted by molar-refractivity contribution is 0.0599. The van der Waals surface area contributed by atoms with Gasteiger partial charge in [-0.15, -0.1) is 0 Å². The Balaban J connectivity index is 1.16. The van der Waals surface area contributed by atoms with E-state index in [0.29, 0.717) is 18.2 Å². The molecule has 1 fully saturated rings. The number of carboxylic acids is 1. The first kappa shape index (κ1) is 22.4. The number of hydrogen-bond donors (Lipinski definition) is 2. The van der Waals surface area contributed by atoms with Gasteiger partial charge in [-0.2, -0.15) is 0 Å². The Bertz CT molecular complexity index is 1320. The lowest BCUT2D eigenvalue weighted by Crippen LogP contribution is -2.40. The number of hydrogen-bond acceptors (Lipinski definition) is 4. The van der Waals surface area contributed by atoms with E-state index < -0.39 is 12.1 Å². The summed E-state index contributed by atoms with van der Waals surface area (Å²) in [6, 6.07) is 22.4. The number of nitrogens with zero attached hydrogens (tertiary/aromatic N) is 2. The second-order valence-electron chi connectivity index (χ2n) is 9.23. The van der Waals surface area contributed by atoms with Crippen LogP contribution in [0, 0.1) is 0 Å². The summed E-state index contributed by atoms with van der Waals surface area (Å²) < 4.78 is 7.56. The average Bonchev–Trinajstić information content (AvgIpc) is 3.20. The Morgan fingerprint density at radius 2 is 1.79 bits per heavy atom. The van der Waals surface area contributed by atoms with Gasteiger partial charge in [0.1, 0.15) is 24.2 Å². The minimum absolute atomic E-state index is 0.168. The van der Waals surface area contributed by atoms with E-state index in [-0.39, 0.29) is 12.3 Å². The molecule has 34 heavy (non-hydrogen) atoms. The molecule has 2 heterocycles. The molecular weight excluding hydrogens is 428 g/mol. The third-order valence-corrected chi connectivity index (χ3v) is 7.00. The van der Waals surface area contributed by atoms with Crippen molar-refractivity contribution < 1.29 is 19.7 Å². The van der Waals surface area contributed by atoms with Gasteiger partial charge >= 0.3 is 5.97 Å². The van der Waals surface area contributed by atoms with Crippen molar-refractivity contribution in [1.29, 1.82) is 0 Å². The van der Waals surface area contributed by atoms with E-state index >= 15 is 0 Å². The predicted octanol–water partition coefficient (Wildman–Crippen LogP) is 4.65. The van der Waals surface area contributed by atoms with Crippen LogP contribution in [0.25, 0.3) is 21.7 Å². The van der Waals surface area contributed by atoms with E-state index in [2.05, 4.69) is 47.4 Å². The maximum atomic E-state index is 11.5. The smallest absolute Gasteiger partial charge is 0.352 e. The van der Waals surface area contributed by atoms with Crippen molar-refractivity contribution in [3.05, 3.63) is 78.0 Å². The van der Waals surface area contributed by atoms with Crippen LogP contribution in [-0.2, 0) is 7.05 Å². The van der Waals surface area contributed by atoms with Gasteiger partial charge in [0, 0.05) is 19.0 Å². The third kappa shape index (κ3) is 4.52. The molecule has 176 valence electrons. The van der Waals surface area contributed by atoms with Gasteiger partial charge in [-0.05, 0) is 66.4 Å². The molecule has 0 saturated carbocycles. The van der Waals surface area contributed by atoms with E-state index in [0.717, 1.165) is 36.8 Å². The highest BCUT2D eigenvalue weighted by Crippen LogP contribution is 2.31. The molecule has 0 spiro atoms. The predicted molar refractivity (Wildman–Crippen MR) is 134 cm³/mol. The van der Waals surface area contributed by atoms with Crippen molar-refractivity contribution in [3.63, 3.8) is 0 Å². The van der Waals surface area contributed by atoms with Crippen LogP contribution in [0.4, 0.5) is 0 Å². The normalized spacial score (nSPS) is 16.2. The van der Waals surface area contributed by atoms with E-state index in [1.54, 1.807) is 17.7 Å². The first-order valence-corrected chi connectivity index (χ1v) is 11.8. The molecule has 0 radical (unpaired) electrons. The molecule has 3 aromatic carbocycles. The van der Waals surface area contributed by atoms with Crippen molar-refractivity contribution in [2.75, 3.05) is 26.2 Å². The van der Waals surface area contributed by atoms with Crippen molar-refractivity contribution in [2.45, 2.75) is 24.9 Å². The van der Waals surface area contributed by atoms with E-state index in [9.17, 15) is 15.0 Å². The zero-order chi connectivity index (χ0) is 23.7. The van der Waals surface area contributed by atoms with Gasteiger partial charge in [0.15, 0.2) is 0 Å². The molecule has 5 rings (SSSR count). The van der Waals surface area contributed by atoms with Crippen LogP contribution in [0.2, 0.25) is 0 Å². The standard InChI is InChI=1S/C28H30N2O4/c1-29-25-7-4-8-27(24(25)16-26(29)28(32)33)34-18-23(31)17-30-13-11-20(12-14-30)22-10-9-19-5-2-3-6-21(19)15-22/h2-10,15-16,20,23,31H,11-14,17-18H2,1H3,(H,32,33). The number of aryl methyl sites for hydroxylation is 1. The first-order chi connectivity index (χ1) is 16.5. The number of β-amino-alcohol motifs (C(OH)–C–C–N with tert-alkyl or cyclic N) is 1. The molecule has 1 aromatic heterocycles. The minimum atomic E-state index is -0.975. The topological polar surface area (TPSA) is 74.9 Å². The summed E-state index contributed by atoms with van der Waals surface area (Å²) >= 11 is 0. The average molecular weight is 459 g/mol. The second-order valence-corrected chi connectivity index (χ2v) is 9.23. The monoisotopic (exact) mass is 458 g/mol. The van der Waals surface area contributed by atoms with Gasteiger partial charge in [0.2, 0.25) is 0 Å². The number of aliphatic hydroxyl groups excluding tert-OH is 1. The lowest BCUT2D eigenvalue weighted by atomic mass is 9.88. The quantitative estimate of drug-likeness (QED) is 0.422. The minimum Gasteiger partial charge on any atom is -0.490 e. The number of aliphatic hydroxyl groups is 1. The van der Waals surface area contributed by atoms with Gasteiger partial charge in [-0.1, -0.05) is 48.5 Å². The Hall–Kier alpha value is -3.35. The summed E-state index contributed by atoms with van der Waals surface area (Å²) in [6.07, 6.45) is 1.54. The Morgan fingerprint density at radius 3 is 2.56 bits per heavy atom. The number of benzene rings is 3. The second kappa shape index (κ2) is 9.49. The molecule has 0 amide bonds. The molecule has 0 bridgehead atoms. The summed E-state index contributed by atoms with van der Waals surface area (Å²) in [5, 5.41) is 23.3. The Morgan fingerprint density at radius 1 is 1.03 bits per heavy atom. The zero-order valence-electron chi connectivity index (χ0n) is 19.4. The number of carbonyl (C=O) groups is 1. The summed E-state index contributed by atoms with van der Waals surface area (Å²) in [6.45, 7) is 2.63. The van der Waals surface area contributed by atoms with Crippen molar-refractivity contribution in [1.82, 2.24) is 9.47 Å². The molecule has 6 nitrogen and oxygen atoms in total. The molecule has 1 atom stereocenters. The molecule has 4 aromatic rings. The molecule has 0 aliphatic carbocycles. The van der Waals surface area contributed by atoms with Crippen LogP contribution in [0.3, 0.4) is 0 Å².